The molecule has 3 nitrogen and oxygen atoms in total. The van der Waals surface area contributed by atoms with Crippen LogP contribution in [0.5, 0.6) is 0 Å². The summed E-state index contributed by atoms with van der Waals surface area (Å²) in [6.45, 7) is 11.3. The van der Waals surface area contributed by atoms with Gasteiger partial charge < -0.3 is 4.90 Å². The van der Waals surface area contributed by atoms with Crippen LogP contribution < -0.4 is 0 Å². The number of hydrogen-bond acceptors (Lipinski definition) is 1. The lowest BCUT2D eigenvalue weighted by Crippen LogP contribution is -2.32. The Morgan fingerprint density at radius 1 is 1.18 bits per heavy atom. The molecule has 17 heavy (non-hydrogen) atoms. The zero-order valence-corrected chi connectivity index (χ0v) is 11.5. The molecule has 0 unspecified atom stereocenters. The fourth-order valence-corrected chi connectivity index (χ4v) is 1.52. The molecule has 1 amide bonds. The summed E-state index contributed by atoms with van der Waals surface area (Å²) in [6.07, 6.45) is 1.82. The number of fused-ring (bicyclic) bond motifs is 1. The fraction of sp³-hybridized carbons (Fsp3) is 0.615. The van der Waals surface area contributed by atoms with Crippen LogP contribution in [0.15, 0.2) is 18.3 Å². The first-order valence-corrected chi connectivity index (χ1v) is 5.90. The lowest BCUT2D eigenvalue weighted by molar-refractivity contribution is 0.196. The van der Waals surface area contributed by atoms with Gasteiger partial charge >= 0.3 is 6.03 Å². The molecule has 1 aromatic rings. The predicted octanol–water partition coefficient (Wildman–Crippen LogP) is 2.96. The van der Waals surface area contributed by atoms with E-state index in [2.05, 4.69) is 20.8 Å². The molecule has 3 radical (unpaired) electrons. The molecule has 0 N–H and O–H groups in total. The number of carbonyl (C=O) groups is 1. The molecule has 1 aromatic heterocycles. The van der Waals surface area contributed by atoms with Gasteiger partial charge in [0.15, 0.2) is 0 Å². The van der Waals surface area contributed by atoms with Crippen LogP contribution in [0.3, 0.4) is 0 Å². The van der Waals surface area contributed by atoms with E-state index >= 15 is 0 Å². The summed E-state index contributed by atoms with van der Waals surface area (Å²) in [5.74, 6) is 0.833. The van der Waals surface area contributed by atoms with E-state index in [1.54, 1.807) is 4.57 Å². The molecule has 0 atom stereocenters. The van der Waals surface area contributed by atoms with E-state index in [0.717, 1.165) is 18.2 Å². The molecule has 1 aliphatic rings. The van der Waals surface area contributed by atoms with Crippen molar-refractivity contribution in [3.63, 3.8) is 0 Å². The Labute approximate surface area is 106 Å². The molecular weight excluding hydrogens is 211 g/mol. The van der Waals surface area contributed by atoms with Gasteiger partial charge in [0, 0.05) is 26.3 Å². The SMILES string of the molecule is CC(C)C.CC(C)N1Cc2cccn2C1=O.[B]. The Balaban J connectivity index is 0.000000453. The maximum Gasteiger partial charge on any atom is 0.328 e. The first kappa shape index (κ1) is 15.8. The van der Waals surface area contributed by atoms with Crippen molar-refractivity contribution in [2.45, 2.75) is 47.2 Å². The lowest BCUT2D eigenvalue weighted by atomic mass is 10.3. The minimum atomic E-state index is 0. The maximum atomic E-state index is 11.6. The Kier molecular flexibility index (Phi) is 6.07. The van der Waals surface area contributed by atoms with Crippen molar-refractivity contribution in [3.05, 3.63) is 24.0 Å². The average Bonchev–Trinajstić information content (AvgIpc) is 2.67. The van der Waals surface area contributed by atoms with Gasteiger partial charge in [-0.2, -0.15) is 0 Å². The molecule has 0 bridgehead atoms. The normalized spacial score (nSPS) is 13.4. The molecule has 0 aliphatic carbocycles. The molecule has 4 heteroatoms. The monoisotopic (exact) mass is 233 g/mol. The molecule has 0 saturated carbocycles. The van der Waals surface area contributed by atoms with Crippen LogP contribution in [-0.4, -0.2) is 30.0 Å². The molecule has 0 spiro atoms. The highest BCUT2D eigenvalue weighted by molar-refractivity contribution is 5.80. The van der Waals surface area contributed by atoms with Crippen molar-refractivity contribution in [2.75, 3.05) is 0 Å². The molecule has 0 fully saturated rings. The molecule has 1 aliphatic heterocycles. The summed E-state index contributed by atoms with van der Waals surface area (Å²) in [7, 11) is 0. The van der Waals surface area contributed by atoms with Gasteiger partial charge in [0.2, 0.25) is 0 Å². The third-order valence-corrected chi connectivity index (χ3v) is 2.24. The first-order chi connectivity index (χ1) is 7.43. The van der Waals surface area contributed by atoms with Crippen LogP contribution in [0, 0.1) is 5.92 Å². The fourth-order valence-electron chi connectivity index (χ4n) is 1.52. The second-order valence-corrected chi connectivity index (χ2v) is 5.11. The van der Waals surface area contributed by atoms with E-state index in [-0.39, 0.29) is 20.5 Å². The Morgan fingerprint density at radius 3 is 2.12 bits per heavy atom. The highest BCUT2D eigenvalue weighted by Crippen LogP contribution is 2.18. The van der Waals surface area contributed by atoms with Crippen LogP contribution in [0.25, 0.3) is 0 Å². The van der Waals surface area contributed by atoms with Gasteiger partial charge in [0.1, 0.15) is 0 Å². The number of carbonyl (C=O) groups excluding carboxylic acids is 1. The van der Waals surface area contributed by atoms with Crippen molar-refractivity contribution in [2.24, 2.45) is 5.92 Å². The van der Waals surface area contributed by atoms with Gasteiger partial charge in [-0.1, -0.05) is 20.8 Å². The van der Waals surface area contributed by atoms with Gasteiger partial charge in [-0.3, -0.25) is 4.57 Å². The highest BCUT2D eigenvalue weighted by Gasteiger charge is 2.27. The van der Waals surface area contributed by atoms with Gasteiger partial charge in [-0.25, -0.2) is 4.79 Å². The van der Waals surface area contributed by atoms with E-state index in [4.69, 9.17) is 0 Å². The number of rotatable bonds is 1. The van der Waals surface area contributed by atoms with Crippen LogP contribution >= 0.6 is 0 Å². The molecule has 93 valence electrons. The quantitative estimate of drug-likeness (QED) is 0.684. The first-order valence-electron chi connectivity index (χ1n) is 5.90. The molecule has 0 saturated heterocycles. The number of hydrogen-bond donors (Lipinski definition) is 0. The molecule has 2 heterocycles. The summed E-state index contributed by atoms with van der Waals surface area (Å²) < 4.78 is 1.71. The largest absolute Gasteiger partial charge is 0.328 e. The van der Waals surface area contributed by atoms with E-state index in [9.17, 15) is 4.79 Å². The van der Waals surface area contributed by atoms with E-state index < -0.39 is 0 Å². The molecule has 2 rings (SSSR count). The summed E-state index contributed by atoms with van der Waals surface area (Å²) in [5.41, 5.74) is 1.09. The minimum Gasteiger partial charge on any atom is -0.316 e. The van der Waals surface area contributed by atoms with E-state index in [0.29, 0.717) is 0 Å². The van der Waals surface area contributed by atoms with E-state index in [1.165, 1.54) is 0 Å². The van der Waals surface area contributed by atoms with Gasteiger partial charge in [0.25, 0.3) is 0 Å². The minimum absolute atomic E-state index is 0. The third kappa shape index (κ3) is 3.95. The zero-order chi connectivity index (χ0) is 12.3. The summed E-state index contributed by atoms with van der Waals surface area (Å²) in [4.78, 5) is 13.4. The smallest absolute Gasteiger partial charge is 0.316 e. The summed E-state index contributed by atoms with van der Waals surface area (Å²) in [6, 6.07) is 4.29. The van der Waals surface area contributed by atoms with Crippen molar-refractivity contribution in [1.29, 1.82) is 0 Å². The molecule has 0 aromatic carbocycles. The van der Waals surface area contributed by atoms with Crippen LogP contribution in [0.2, 0.25) is 0 Å². The Hall–Kier alpha value is -1.19. The van der Waals surface area contributed by atoms with Gasteiger partial charge in [-0.15, -0.1) is 0 Å². The molecular formula is C13H22BN2O. The Morgan fingerprint density at radius 2 is 1.71 bits per heavy atom. The lowest BCUT2D eigenvalue weighted by Gasteiger charge is -2.18. The second-order valence-electron chi connectivity index (χ2n) is 5.11. The summed E-state index contributed by atoms with van der Waals surface area (Å²) in [5, 5.41) is 0. The average molecular weight is 233 g/mol. The third-order valence-electron chi connectivity index (χ3n) is 2.24. The highest BCUT2D eigenvalue weighted by atomic mass is 16.2. The van der Waals surface area contributed by atoms with Gasteiger partial charge in [-0.05, 0) is 31.9 Å². The van der Waals surface area contributed by atoms with E-state index in [1.807, 2.05) is 37.1 Å². The zero-order valence-electron chi connectivity index (χ0n) is 11.5. The van der Waals surface area contributed by atoms with Crippen LogP contribution in [0.4, 0.5) is 4.79 Å². The van der Waals surface area contributed by atoms with Crippen molar-refractivity contribution in [3.8, 4) is 0 Å². The predicted molar refractivity (Wildman–Crippen MR) is 72.2 cm³/mol. The topological polar surface area (TPSA) is 25.2 Å². The van der Waals surface area contributed by atoms with Gasteiger partial charge in [0.05, 0.1) is 6.54 Å². The van der Waals surface area contributed by atoms with Crippen molar-refractivity contribution in [1.82, 2.24) is 9.47 Å². The maximum absolute atomic E-state index is 11.6. The second kappa shape index (κ2) is 6.53. The Bertz CT molecular complexity index is 355. The standard InChI is InChI=1S/C9H12N2O.C4H10.B/c1-7(2)11-6-8-4-3-5-10(8)9(11)12;1-4(2)3;/h3-5,7H,6H2,1-2H3;4H,1-3H3;. The van der Waals surface area contributed by atoms with Crippen LogP contribution in [-0.2, 0) is 6.54 Å². The number of amides is 1. The van der Waals surface area contributed by atoms with Crippen molar-refractivity contribution < 1.29 is 4.79 Å². The number of aromatic nitrogens is 1. The van der Waals surface area contributed by atoms with Crippen molar-refractivity contribution >= 4 is 14.4 Å². The number of nitrogens with zero attached hydrogens (tertiary/aromatic N) is 2. The summed E-state index contributed by atoms with van der Waals surface area (Å²) >= 11 is 0. The van der Waals surface area contributed by atoms with Crippen LogP contribution in [0.1, 0.15) is 40.3 Å².